The van der Waals surface area contributed by atoms with Gasteiger partial charge in [0.05, 0.1) is 13.7 Å². The number of rotatable bonds is 7. The molecule has 1 aromatic carbocycles. The van der Waals surface area contributed by atoms with E-state index in [1.54, 1.807) is 16.7 Å². The topological polar surface area (TPSA) is 73.9 Å². The van der Waals surface area contributed by atoms with E-state index in [1.165, 1.54) is 25.3 Å². The molecule has 0 fully saturated rings. The van der Waals surface area contributed by atoms with Crippen LogP contribution in [0.3, 0.4) is 0 Å². The van der Waals surface area contributed by atoms with E-state index in [0.717, 1.165) is 23.5 Å². The first-order valence-corrected chi connectivity index (χ1v) is 11.0. The molecular formula is C25H27FN2O5. The predicted octanol–water partition coefficient (Wildman–Crippen LogP) is 3.57. The minimum absolute atomic E-state index is 0.0948. The fourth-order valence-electron chi connectivity index (χ4n) is 4.05. The van der Waals surface area contributed by atoms with Crippen LogP contribution < -0.4 is 10.3 Å². The lowest BCUT2D eigenvalue weighted by atomic mass is 10.1. The van der Waals surface area contributed by atoms with Crippen molar-refractivity contribution in [3.8, 4) is 5.75 Å². The number of nitrogens with zero attached hydrogens (tertiary/aromatic N) is 2. The van der Waals surface area contributed by atoms with Gasteiger partial charge in [-0.2, -0.15) is 0 Å². The molecule has 4 rings (SSSR count). The third kappa shape index (κ3) is 5.17. The minimum Gasteiger partial charge on any atom is -0.488 e. The van der Waals surface area contributed by atoms with Gasteiger partial charge in [0.2, 0.25) is 0 Å². The van der Waals surface area contributed by atoms with Crippen LogP contribution in [0.15, 0.2) is 51.7 Å². The molecule has 3 heterocycles. The monoisotopic (exact) mass is 454 g/mol. The first-order valence-electron chi connectivity index (χ1n) is 11.0. The molecule has 1 aliphatic rings. The molecule has 0 N–H and O–H groups in total. The third-order valence-corrected chi connectivity index (χ3v) is 5.83. The van der Waals surface area contributed by atoms with Crippen LogP contribution in [0, 0.1) is 5.82 Å². The van der Waals surface area contributed by atoms with Gasteiger partial charge in [0, 0.05) is 44.2 Å². The summed E-state index contributed by atoms with van der Waals surface area (Å²) in [4.78, 5) is 27.8. The number of methoxy groups -OCH3 is 1. The number of furan rings is 1. The molecule has 174 valence electrons. The van der Waals surface area contributed by atoms with Crippen molar-refractivity contribution in [2.45, 2.75) is 39.5 Å². The molecule has 0 bridgehead atoms. The predicted molar refractivity (Wildman–Crippen MR) is 120 cm³/mol. The Morgan fingerprint density at radius 2 is 1.85 bits per heavy atom. The molecule has 7 nitrogen and oxygen atoms in total. The molecule has 33 heavy (non-hydrogen) atoms. The second-order valence-electron chi connectivity index (χ2n) is 7.97. The SMILES string of the molecule is CCc1ccc(CN2CCc3c(C(=O)OC)c(OCc4ccc(F)cc4)cc(=O)n3CC2)o1. The number of aryl methyl sites for hydroxylation is 1. The summed E-state index contributed by atoms with van der Waals surface area (Å²) in [5.74, 6) is 1.09. The number of fused-ring (bicyclic) bond motifs is 1. The third-order valence-electron chi connectivity index (χ3n) is 5.83. The molecule has 2 aromatic heterocycles. The Morgan fingerprint density at radius 1 is 1.09 bits per heavy atom. The number of esters is 1. The average molecular weight is 454 g/mol. The van der Waals surface area contributed by atoms with Crippen LogP contribution in [0.1, 0.15) is 40.1 Å². The van der Waals surface area contributed by atoms with E-state index in [2.05, 4.69) is 4.90 Å². The number of halogens is 1. The molecule has 0 unspecified atom stereocenters. The number of hydrogen-bond donors (Lipinski definition) is 0. The van der Waals surface area contributed by atoms with Gasteiger partial charge in [-0.3, -0.25) is 9.69 Å². The van der Waals surface area contributed by atoms with Gasteiger partial charge in [-0.15, -0.1) is 0 Å². The summed E-state index contributed by atoms with van der Waals surface area (Å²) >= 11 is 0. The highest BCUT2D eigenvalue weighted by Gasteiger charge is 2.26. The van der Waals surface area contributed by atoms with Gasteiger partial charge in [0.25, 0.3) is 5.56 Å². The number of hydrogen-bond acceptors (Lipinski definition) is 6. The van der Waals surface area contributed by atoms with Crippen LogP contribution in [-0.4, -0.2) is 35.6 Å². The van der Waals surface area contributed by atoms with Gasteiger partial charge in [-0.05, 0) is 29.8 Å². The van der Waals surface area contributed by atoms with Crippen molar-refractivity contribution in [1.29, 1.82) is 0 Å². The van der Waals surface area contributed by atoms with E-state index >= 15 is 0 Å². The first-order chi connectivity index (χ1) is 16.0. The van der Waals surface area contributed by atoms with Crippen molar-refractivity contribution < 1.29 is 23.1 Å². The van der Waals surface area contributed by atoms with Crippen molar-refractivity contribution in [3.05, 3.63) is 87.0 Å². The molecular weight excluding hydrogens is 427 g/mol. The maximum Gasteiger partial charge on any atom is 0.343 e. The lowest BCUT2D eigenvalue weighted by molar-refractivity contribution is 0.0592. The Bertz CT molecular complexity index is 1180. The number of ether oxygens (including phenoxy) is 2. The number of carbonyl (C=O) groups excluding carboxylic acids is 1. The van der Waals surface area contributed by atoms with Crippen molar-refractivity contribution in [2.75, 3.05) is 20.2 Å². The summed E-state index contributed by atoms with van der Waals surface area (Å²) in [6.07, 6.45) is 1.32. The Balaban J connectivity index is 1.58. The molecule has 0 spiro atoms. The molecule has 0 radical (unpaired) electrons. The Kier molecular flexibility index (Phi) is 6.93. The Morgan fingerprint density at radius 3 is 2.55 bits per heavy atom. The highest BCUT2D eigenvalue weighted by atomic mass is 19.1. The highest BCUT2D eigenvalue weighted by molar-refractivity contribution is 5.93. The van der Waals surface area contributed by atoms with Crippen molar-refractivity contribution >= 4 is 5.97 Å². The van der Waals surface area contributed by atoms with Crippen molar-refractivity contribution in [2.24, 2.45) is 0 Å². The maximum absolute atomic E-state index is 13.2. The van der Waals surface area contributed by atoms with Gasteiger partial charge < -0.3 is 18.5 Å². The Hall–Kier alpha value is -3.39. The summed E-state index contributed by atoms with van der Waals surface area (Å²) < 4.78 is 31.5. The lowest BCUT2D eigenvalue weighted by Gasteiger charge is -2.17. The van der Waals surface area contributed by atoms with E-state index in [-0.39, 0.29) is 29.3 Å². The second kappa shape index (κ2) is 10.0. The van der Waals surface area contributed by atoms with Crippen LogP contribution in [0.4, 0.5) is 4.39 Å². The summed E-state index contributed by atoms with van der Waals surface area (Å²) in [6.45, 7) is 4.50. The quantitative estimate of drug-likeness (QED) is 0.508. The standard InChI is InChI=1S/C25H27FN2O5/c1-3-19-8-9-20(33-19)15-27-11-10-21-24(25(30)31-2)22(14-23(29)28(21)13-12-27)32-16-17-4-6-18(26)7-5-17/h4-9,14H,3,10-13,15-16H2,1-2H3. The van der Waals surface area contributed by atoms with Gasteiger partial charge >= 0.3 is 5.97 Å². The zero-order valence-electron chi connectivity index (χ0n) is 18.8. The highest BCUT2D eigenvalue weighted by Crippen LogP contribution is 2.25. The van der Waals surface area contributed by atoms with Crippen LogP contribution >= 0.6 is 0 Å². The van der Waals surface area contributed by atoms with E-state index in [1.807, 2.05) is 19.1 Å². The molecule has 0 saturated heterocycles. The number of aromatic nitrogens is 1. The van der Waals surface area contributed by atoms with Gasteiger partial charge in [-0.1, -0.05) is 19.1 Å². The first kappa shape index (κ1) is 22.8. The smallest absolute Gasteiger partial charge is 0.343 e. The van der Waals surface area contributed by atoms with Crippen molar-refractivity contribution in [1.82, 2.24) is 9.47 Å². The van der Waals surface area contributed by atoms with Crippen LogP contribution in [-0.2, 0) is 37.3 Å². The Labute approximate surface area is 191 Å². The number of carbonyl (C=O) groups is 1. The van der Waals surface area contributed by atoms with Gasteiger partial charge in [0.1, 0.15) is 35.3 Å². The van der Waals surface area contributed by atoms with Gasteiger partial charge in [-0.25, -0.2) is 9.18 Å². The number of benzene rings is 1. The normalized spacial score (nSPS) is 13.9. The molecule has 0 saturated carbocycles. The molecule has 8 heteroatoms. The van der Waals surface area contributed by atoms with Crippen LogP contribution in [0.5, 0.6) is 5.75 Å². The van der Waals surface area contributed by atoms with Crippen molar-refractivity contribution in [3.63, 3.8) is 0 Å². The van der Waals surface area contributed by atoms with Crippen LogP contribution in [0.2, 0.25) is 0 Å². The fourth-order valence-corrected chi connectivity index (χ4v) is 4.05. The summed E-state index contributed by atoms with van der Waals surface area (Å²) in [5, 5.41) is 0. The molecule has 0 atom stereocenters. The maximum atomic E-state index is 13.2. The minimum atomic E-state index is -0.556. The molecule has 0 aliphatic carbocycles. The van der Waals surface area contributed by atoms with E-state index in [9.17, 15) is 14.0 Å². The average Bonchev–Trinajstić information content (AvgIpc) is 3.17. The largest absolute Gasteiger partial charge is 0.488 e. The summed E-state index contributed by atoms with van der Waals surface area (Å²) in [5.41, 5.74) is 1.34. The number of pyridine rings is 1. The van der Waals surface area contributed by atoms with Gasteiger partial charge in [0.15, 0.2) is 0 Å². The summed E-state index contributed by atoms with van der Waals surface area (Å²) in [7, 11) is 1.31. The summed E-state index contributed by atoms with van der Waals surface area (Å²) in [6, 6.07) is 11.2. The zero-order valence-corrected chi connectivity index (χ0v) is 18.8. The van der Waals surface area contributed by atoms with Crippen LogP contribution in [0.25, 0.3) is 0 Å². The molecule has 0 amide bonds. The molecule has 1 aliphatic heterocycles. The molecule has 3 aromatic rings. The second-order valence-corrected chi connectivity index (χ2v) is 7.97. The lowest BCUT2D eigenvalue weighted by Crippen LogP contribution is -2.29. The zero-order chi connectivity index (χ0) is 23.4. The fraction of sp³-hybridized carbons (Fsp3) is 0.360. The van der Waals surface area contributed by atoms with E-state index in [4.69, 9.17) is 13.9 Å². The van der Waals surface area contributed by atoms with E-state index < -0.39 is 5.97 Å². The van der Waals surface area contributed by atoms with E-state index in [0.29, 0.717) is 38.3 Å².